The molecule has 1 fully saturated rings. The standard InChI is InChI=1S/C16H24N2O2.ClH/c1-4-14(20-15-8-6-5-7-12(15)2)16(19)18(3)13-9-10-17-11-13;/h5-8,13-14,17H,4,9-11H2,1-3H3;1H. The number of aryl methyl sites for hydroxylation is 1. The summed E-state index contributed by atoms with van der Waals surface area (Å²) in [5, 5.41) is 3.29. The Balaban J connectivity index is 0.00000220. The first-order valence-electron chi connectivity index (χ1n) is 7.33. The normalized spacial score (nSPS) is 18.7. The fourth-order valence-electron chi connectivity index (χ4n) is 2.53. The molecule has 5 heteroatoms. The zero-order chi connectivity index (χ0) is 14.5. The van der Waals surface area contributed by atoms with Crippen LogP contribution in [0.1, 0.15) is 25.3 Å². The van der Waals surface area contributed by atoms with E-state index in [0.29, 0.717) is 6.42 Å². The van der Waals surface area contributed by atoms with E-state index in [4.69, 9.17) is 4.74 Å². The number of rotatable bonds is 5. The first-order valence-corrected chi connectivity index (χ1v) is 7.33. The van der Waals surface area contributed by atoms with E-state index in [-0.39, 0.29) is 24.4 Å². The molecule has 0 saturated carbocycles. The van der Waals surface area contributed by atoms with Crippen molar-refractivity contribution < 1.29 is 9.53 Å². The number of nitrogens with zero attached hydrogens (tertiary/aromatic N) is 1. The number of carbonyl (C=O) groups excluding carboxylic acids is 1. The molecular formula is C16H25ClN2O2. The molecule has 1 aromatic rings. The average Bonchev–Trinajstić information content (AvgIpc) is 2.99. The van der Waals surface area contributed by atoms with Gasteiger partial charge in [-0.1, -0.05) is 25.1 Å². The maximum Gasteiger partial charge on any atom is 0.263 e. The van der Waals surface area contributed by atoms with E-state index in [1.54, 1.807) is 0 Å². The molecule has 4 nitrogen and oxygen atoms in total. The first kappa shape index (κ1) is 17.8. The summed E-state index contributed by atoms with van der Waals surface area (Å²) in [6.45, 7) is 5.85. The fourth-order valence-corrected chi connectivity index (χ4v) is 2.53. The summed E-state index contributed by atoms with van der Waals surface area (Å²) < 4.78 is 5.93. The van der Waals surface area contributed by atoms with Gasteiger partial charge in [0.05, 0.1) is 0 Å². The highest BCUT2D eigenvalue weighted by Gasteiger charge is 2.29. The van der Waals surface area contributed by atoms with Crippen LogP contribution in [0, 0.1) is 6.92 Å². The van der Waals surface area contributed by atoms with Crippen molar-refractivity contribution in [2.24, 2.45) is 0 Å². The Morgan fingerprint density at radius 2 is 2.19 bits per heavy atom. The van der Waals surface area contributed by atoms with Gasteiger partial charge in [0.1, 0.15) is 5.75 Å². The van der Waals surface area contributed by atoms with Crippen LogP contribution in [0.3, 0.4) is 0 Å². The van der Waals surface area contributed by atoms with Crippen LogP contribution in [-0.4, -0.2) is 43.1 Å². The van der Waals surface area contributed by atoms with Crippen molar-refractivity contribution in [2.45, 2.75) is 38.8 Å². The summed E-state index contributed by atoms with van der Waals surface area (Å²) in [5.74, 6) is 0.870. The Kier molecular flexibility index (Phi) is 6.99. The molecule has 1 N–H and O–H groups in total. The summed E-state index contributed by atoms with van der Waals surface area (Å²) >= 11 is 0. The molecule has 21 heavy (non-hydrogen) atoms. The number of hydrogen-bond donors (Lipinski definition) is 1. The maximum absolute atomic E-state index is 12.6. The van der Waals surface area contributed by atoms with Crippen molar-refractivity contribution in [3.8, 4) is 5.75 Å². The molecule has 2 atom stereocenters. The predicted octanol–water partition coefficient (Wildman–Crippen LogP) is 2.39. The molecule has 2 rings (SSSR count). The highest BCUT2D eigenvalue weighted by molar-refractivity contribution is 5.85. The lowest BCUT2D eigenvalue weighted by molar-refractivity contribution is -0.139. The number of ether oxygens (including phenoxy) is 1. The minimum atomic E-state index is -0.401. The van der Waals surface area contributed by atoms with Crippen LogP contribution < -0.4 is 10.1 Å². The highest BCUT2D eigenvalue weighted by atomic mass is 35.5. The lowest BCUT2D eigenvalue weighted by Crippen LogP contribution is -2.45. The summed E-state index contributed by atoms with van der Waals surface area (Å²) in [6, 6.07) is 8.11. The molecule has 0 aliphatic carbocycles. The van der Waals surface area contributed by atoms with Crippen LogP contribution in [0.15, 0.2) is 24.3 Å². The van der Waals surface area contributed by atoms with E-state index in [0.717, 1.165) is 30.8 Å². The van der Waals surface area contributed by atoms with Crippen molar-refractivity contribution in [1.29, 1.82) is 0 Å². The van der Waals surface area contributed by atoms with Crippen molar-refractivity contribution in [3.05, 3.63) is 29.8 Å². The zero-order valence-electron chi connectivity index (χ0n) is 13.0. The quantitative estimate of drug-likeness (QED) is 0.907. The van der Waals surface area contributed by atoms with Gasteiger partial charge in [-0.3, -0.25) is 4.79 Å². The minimum Gasteiger partial charge on any atom is -0.480 e. The third kappa shape index (κ3) is 4.35. The molecule has 0 radical (unpaired) electrons. The largest absolute Gasteiger partial charge is 0.480 e. The van der Waals surface area contributed by atoms with Crippen molar-refractivity contribution >= 4 is 18.3 Å². The molecule has 2 unspecified atom stereocenters. The van der Waals surface area contributed by atoms with Gasteiger partial charge in [0.2, 0.25) is 0 Å². The number of amides is 1. The molecular weight excluding hydrogens is 288 g/mol. The van der Waals surface area contributed by atoms with Gasteiger partial charge in [-0.25, -0.2) is 0 Å². The number of carbonyl (C=O) groups is 1. The number of likely N-dealkylation sites (N-methyl/N-ethyl adjacent to an activating group) is 1. The van der Waals surface area contributed by atoms with Gasteiger partial charge in [0.25, 0.3) is 5.91 Å². The van der Waals surface area contributed by atoms with Gasteiger partial charge in [0, 0.05) is 19.6 Å². The predicted molar refractivity (Wildman–Crippen MR) is 87.2 cm³/mol. The van der Waals surface area contributed by atoms with Gasteiger partial charge in [-0.2, -0.15) is 0 Å². The highest BCUT2D eigenvalue weighted by Crippen LogP contribution is 2.20. The van der Waals surface area contributed by atoms with Gasteiger partial charge < -0.3 is 15.0 Å². The molecule has 1 aromatic carbocycles. The number of hydrogen-bond acceptors (Lipinski definition) is 3. The van der Waals surface area contributed by atoms with E-state index < -0.39 is 6.10 Å². The Bertz CT molecular complexity index is 461. The lowest BCUT2D eigenvalue weighted by Gasteiger charge is -2.28. The third-order valence-corrected chi connectivity index (χ3v) is 3.94. The van der Waals surface area contributed by atoms with E-state index in [1.807, 2.05) is 50.1 Å². The number of para-hydroxylation sites is 1. The van der Waals surface area contributed by atoms with Gasteiger partial charge >= 0.3 is 0 Å². The molecule has 1 saturated heterocycles. The Morgan fingerprint density at radius 3 is 2.76 bits per heavy atom. The third-order valence-electron chi connectivity index (χ3n) is 3.94. The van der Waals surface area contributed by atoms with Crippen LogP contribution in [-0.2, 0) is 4.79 Å². The number of benzene rings is 1. The Morgan fingerprint density at radius 1 is 1.48 bits per heavy atom. The van der Waals surface area contributed by atoms with Crippen molar-refractivity contribution in [1.82, 2.24) is 10.2 Å². The second kappa shape index (κ2) is 8.25. The smallest absolute Gasteiger partial charge is 0.263 e. The van der Waals surface area contributed by atoms with Gasteiger partial charge in [-0.05, 0) is 37.9 Å². The van der Waals surface area contributed by atoms with Crippen LogP contribution in [0.4, 0.5) is 0 Å². The van der Waals surface area contributed by atoms with Crippen LogP contribution >= 0.6 is 12.4 Å². The SMILES string of the molecule is CCC(Oc1ccccc1C)C(=O)N(C)C1CCNC1.Cl. The lowest BCUT2D eigenvalue weighted by atomic mass is 10.1. The Hall–Kier alpha value is -1.26. The fraction of sp³-hybridized carbons (Fsp3) is 0.562. The average molecular weight is 313 g/mol. The van der Waals surface area contributed by atoms with Crippen molar-refractivity contribution in [2.75, 3.05) is 20.1 Å². The van der Waals surface area contributed by atoms with Gasteiger partial charge in [-0.15, -0.1) is 12.4 Å². The number of nitrogens with one attached hydrogen (secondary N) is 1. The van der Waals surface area contributed by atoms with E-state index in [1.165, 1.54) is 0 Å². The molecule has 0 aromatic heterocycles. The first-order chi connectivity index (χ1) is 9.63. The second-order valence-corrected chi connectivity index (χ2v) is 5.38. The van der Waals surface area contributed by atoms with Gasteiger partial charge in [0.15, 0.2) is 6.10 Å². The summed E-state index contributed by atoms with van der Waals surface area (Å²) in [7, 11) is 1.88. The topological polar surface area (TPSA) is 41.6 Å². The van der Waals surface area contributed by atoms with E-state index in [2.05, 4.69) is 5.32 Å². The Labute approximate surface area is 133 Å². The molecule has 1 aliphatic heterocycles. The molecule has 1 amide bonds. The molecule has 118 valence electrons. The van der Waals surface area contributed by atoms with E-state index in [9.17, 15) is 4.79 Å². The monoisotopic (exact) mass is 312 g/mol. The zero-order valence-corrected chi connectivity index (χ0v) is 13.8. The van der Waals surface area contributed by atoms with Crippen LogP contribution in [0.25, 0.3) is 0 Å². The van der Waals surface area contributed by atoms with E-state index >= 15 is 0 Å². The van der Waals surface area contributed by atoms with Crippen LogP contribution in [0.2, 0.25) is 0 Å². The minimum absolute atomic E-state index is 0. The summed E-state index contributed by atoms with van der Waals surface area (Å²) in [6.07, 6.45) is 1.29. The summed E-state index contributed by atoms with van der Waals surface area (Å²) in [5.41, 5.74) is 1.06. The van der Waals surface area contributed by atoms with Crippen molar-refractivity contribution in [3.63, 3.8) is 0 Å². The summed E-state index contributed by atoms with van der Waals surface area (Å²) in [4.78, 5) is 14.4. The molecule has 1 heterocycles. The maximum atomic E-state index is 12.6. The molecule has 1 aliphatic rings. The number of halogens is 1. The van der Waals surface area contributed by atoms with Crippen LogP contribution in [0.5, 0.6) is 5.75 Å². The second-order valence-electron chi connectivity index (χ2n) is 5.38. The molecule has 0 spiro atoms. The molecule has 0 bridgehead atoms.